The summed E-state index contributed by atoms with van der Waals surface area (Å²) in [6, 6.07) is 12.7. The van der Waals surface area contributed by atoms with E-state index in [9.17, 15) is 9.59 Å². The normalized spacial score (nSPS) is 15.1. The van der Waals surface area contributed by atoms with Crippen molar-refractivity contribution in [2.24, 2.45) is 0 Å². The zero-order valence-electron chi connectivity index (χ0n) is 19.2. The summed E-state index contributed by atoms with van der Waals surface area (Å²) in [6.45, 7) is 5.95. The predicted octanol–water partition coefficient (Wildman–Crippen LogP) is 5.20. The van der Waals surface area contributed by atoms with Crippen molar-refractivity contribution in [1.29, 1.82) is 0 Å². The molecule has 0 aromatic heterocycles. The van der Waals surface area contributed by atoms with E-state index in [-0.39, 0.29) is 24.5 Å². The number of halogens is 1. The first-order chi connectivity index (χ1) is 15.3. The Balaban J connectivity index is 1.72. The maximum atomic E-state index is 13.2. The van der Waals surface area contributed by atoms with Crippen LogP contribution in [0.25, 0.3) is 0 Å². The second kappa shape index (κ2) is 11.4. The Morgan fingerprint density at radius 3 is 2.47 bits per heavy atom. The molecule has 2 aromatic carbocycles. The molecule has 32 heavy (non-hydrogen) atoms. The van der Waals surface area contributed by atoms with Gasteiger partial charge in [-0.05, 0) is 68.5 Å². The summed E-state index contributed by atoms with van der Waals surface area (Å²) < 4.78 is 5.85. The number of carbonyl (C=O) groups excluding carboxylic acids is 2. The van der Waals surface area contributed by atoms with Crippen LogP contribution < -0.4 is 10.1 Å². The van der Waals surface area contributed by atoms with Gasteiger partial charge in [0.2, 0.25) is 5.91 Å². The van der Waals surface area contributed by atoms with Gasteiger partial charge in [-0.3, -0.25) is 9.59 Å². The van der Waals surface area contributed by atoms with Gasteiger partial charge in [0.25, 0.3) is 5.91 Å². The van der Waals surface area contributed by atoms with E-state index >= 15 is 0 Å². The first kappa shape index (κ1) is 24.1. The third kappa shape index (κ3) is 6.49. The van der Waals surface area contributed by atoms with E-state index in [0.29, 0.717) is 17.3 Å². The maximum Gasteiger partial charge on any atom is 0.261 e. The summed E-state index contributed by atoms with van der Waals surface area (Å²) in [4.78, 5) is 27.8. The highest BCUT2D eigenvalue weighted by Crippen LogP contribution is 2.22. The average molecular weight is 457 g/mol. The minimum absolute atomic E-state index is 0.119. The highest BCUT2D eigenvalue weighted by molar-refractivity contribution is 6.30. The number of carbonyl (C=O) groups is 2. The first-order valence-corrected chi connectivity index (χ1v) is 11.8. The lowest BCUT2D eigenvalue weighted by Crippen LogP contribution is -2.51. The van der Waals surface area contributed by atoms with Gasteiger partial charge in [0, 0.05) is 17.6 Å². The van der Waals surface area contributed by atoms with Gasteiger partial charge in [0.1, 0.15) is 11.8 Å². The fraction of sp³-hybridized carbons (Fsp3) is 0.462. The summed E-state index contributed by atoms with van der Waals surface area (Å²) in [6.07, 6.45) is 5.49. The molecular formula is C26H33ClN2O3. The Morgan fingerprint density at radius 1 is 1.09 bits per heavy atom. The van der Waals surface area contributed by atoms with Crippen LogP contribution in [-0.4, -0.2) is 35.4 Å². The Hall–Kier alpha value is -2.53. The van der Waals surface area contributed by atoms with Crippen LogP contribution in [-0.2, 0) is 16.1 Å². The number of aryl methyl sites for hydroxylation is 1. The van der Waals surface area contributed by atoms with Crippen LogP contribution in [0.2, 0.25) is 5.02 Å². The van der Waals surface area contributed by atoms with Crippen LogP contribution in [0.5, 0.6) is 5.75 Å². The lowest BCUT2D eigenvalue weighted by atomic mass is 9.95. The summed E-state index contributed by atoms with van der Waals surface area (Å²) in [5, 5.41) is 3.78. The van der Waals surface area contributed by atoms with Gasteiger partial charge >= 0.3 is 0 Å². The van der Waals surface area contributed by atoms with E-state index in [1.54, 1.807) is 24.0 Å². The molecule has 0 aliphatic heterocycles. The molecule has 1 N–H and O–H groups in total. The van der Waals surface area contributed by atoms with Crippen LogP contribution in [0.4, 0.5) is 0 Å². The second-order valence-corrected chi connectivity index (χ2v) is 9.09. The standard InChI is InChI=1S/C26H33ClN2O3/c1-18-8-7-11-24(19(18)2)32-17-25(30)29(16-21-12-14-22(27)15-13-21)20(3)26(31)28-23-9-5-4-6-10-23/h7-8,11-15,20,23H,4-6,9-10,16-17H2,1-3H3,(H,28,31)/t20-/m1/s1. The van der Waals surface area contributed by atoms with Crippen LogP contribution in [0.1, 0.15) is 55.7 Å². The molecule has 0 radical (unpaired) electrons. The van der Waals surface area contributed by atoms with E-state index in [2.05, 4.69) is 5.32 Å². The number of ether oxygens (including phenoxy) is 1. The van der Waals surface area contributed by atoms with E-state index in [0.717, 1.165) is 42.4 Å². The van der Waals surface area contributed by atoms with Crippen molar-refractivity contribution < 1.29 is 14.3 Å². The molecule has 0 heterocycles. The topological polar surface area (TPSA) is 58.6 Å². The number of hydrogen-bond donors (Lipinski definition) is 1. The Bertz CT molecular complexity index is 923. The van der Waals surface area contributed by atoms with Gasteiger partial charge in [-0.25, -0.2) is 0 Å². The third-order valence-corrected chi connectivity index (χ3v) is 6.54. The van der Waals surface area contributed by atoms with Gasteiger partial charge in [0.05, 0.1) is 0 Å². The van der Waals surface area contributed by atoms with E-state index in [4.69, 9.17) is 16.3 Å². The molecule has 172 valence electrons. The molecule has 1 atom stereocenters. The fourth-order valence-electron chi connectivity index (χ4n) is 4.04. The van der Waals surface area contributed by atoms with Crippen LogP contribution in [0.3, 0.4) is 0 Å². The van der Waals surface area contributed by atoms with Gasteiger partial charge < -0.3 is 15.0 Å². The summed E-state index contributed by atoms with van der Waals surface area (Å²) >= 11 is 6.01. The van der Waals surface area contributed by atoms with Gasteiger partial charge in [-0.15, -0.1) is 0 Å². The molecule has 3 rings (SSSR count). The van der Waals surface area contributed by atoms with Gasteiger partial charge in [0.15, 0.2) is 6.61 Å². The summed E-state index contributed by atoms with van der Waals surface area (Å²) in [5.74, 6) is 0.335. The zero-order valence-corrected chi connectivity index (χ0v) is 20.0. The summed E-state index contributed by atoms with van der Waals surface area (Å²) in [5.41, 5.74) is 3.02. The molecular weight excluding hydrogens is 424 g/mol. The minimum Gasteiger partial charge on any atom is -0.483 e. The minimum atomic E-state index is -0.609. The van der Waals surface area contributed by atoms with Crippen molar-refractivity contribution in [2.45, 2.75) is 71.5 Å². The van der Waals surface area contributed by atoms with E-state index < -0.39 is 6.04 Å². The largest absolute Gasteiger partial charge is 0.483 e. The van der Waals surface area contributed by atoms with Gasteiger partial charge in [-0.2, -0.15) is 0 Å². The number of rotatable bonds is 8. The molecule has 0 unspecified atom stereocenters. The lowest BCUT2D eigenvalue weighted by Gasteiger charge is -2.31. The second-order valence-electron chi connectivity index (χ2n) is 8.65. The molecule has 0 spiro atoms. The Morgan fingerprint density at radius 2 is 1.78 bits per heavy atom. The van der Waals surface area contributed by atoms with Crippen LogP contribution in [0.15, 0.2) is 42.5 Å². The SMILES string of the molecule is Cc1cccc(OCC(=O)N(Cc2ccc(Cl)cc2)[C@H](C)C(=O)NC2CCCCC2)c1C. The van der Waals surface area contributed by atoms with Crippen molar-refractivity contribution in [3.05, 3.63) is 64.2 Å². The number of nitrogens with zero attached hydrogens (tertiary/aromatic N) is 1. The summed E-state index contributed by atoms with van der Waals surface area (Å²) in [7, 11) is 0. The lowest BCUT2D eigenvalue weighted by molar-refractivity contribution is -0.142. The van der Waals surface area contributed by atoms with Crippen molar-refractivity contribution in [1.82, 2.24) is 10.2 Å². The molecule has 1 aliphatic rings. The molecule has 0 bridgehead atoms. The van der Waals surface area contributed by atoms with E-state index in [1.165, 1.54) is 6.42 Å². The van der Waals surface area contributed by atoms with Crippen molar-refractivity contribution in [2.75, 3.05) is 6.61 Å². The molecule has 5 nitrogen and oxygen atoms in total. The monoisotopic (exact) mass is 456 g/mol. The molecule has 2 amide bonds. The van der Waals surface area contributed by atoms with Crippen molar-refractivity contribution in [3.63, 3.8) is 0 Å². The van der Waals surface area contributed by atoms with Crippen molar-refractivity contribution >= 4 is 23.4 Å². The Kier molecular flexibility index (Phi) is 8.57. The van der Waals surface area contributed by atoms with Crippen LogP contribution in [0, 0.1) is 13.8 Å². The first-order valence-electron chi connectivity index (χ1n) is 11.4. The number of amides is 2. The molecule has 6 heteroatoms. The predicted molar refractivity (Wildman–Crippen MR) is 128 cm³/mol. The fourth-order valence-corrected chi connectivity index (χ4v) is 4.17. The molecule has 2 aromatic rings. The smallest absolute Gasteiger partial charge is 0.261 e. The third-order valence-electron chi connectivity index (χ3n) is 6.29. The quantitative estimate of drug-likeness (QED) is 0.593. The van der Waals surface area contributed by atoms with Crippen LogP contribution >= 0.6 is 11.6 Å². The molecule has 1 fully saturated rings. The zero-order chi connectivity index (χ0) is 23.1. The number of nitrogens with one attached hydrogen (secondary N) is 1. The maximum absolute atomic E-state index is 13.2. The number of hydrogen-bond acceptors (Lipinski definition) is 3. The molecule has 1 aliphatic carbocycles. The molecule has 1 saturated carbocycles. The van der Waals surface area contributed by atoms with E-state index in [1.807, 2.05) is 44.2 Å². The Labute approximate surface area is 196 Å². The highest BCUT2D eigenvalue weighted by atomic mass is 35.5. The highest BCUT2D eigenvalue weighted by Gasteiger charge is 2.28. The van der Waals surface area contributed by atoms with Gasteiger partial charge in [-0.1, -0.05) is 55.1 Å². The number of benzene rings is 2. The van der Waals surface area contributed by atoms with Crippen molar-refractivity contribution in [3.8, 4) is 5.75 Å². The molecule has 0 saturated heterocycles. The average Bonchev–Trinajstić information content (AvgIpc) is 2.79.